The Balaban J connectivity index is 1.29. The summed E-state index contributed by atoms with van der Waals surface area (Å²) in [4.78, 5) is 42.5. The predicted molar refractivity (Wildman–Crippen MR) is 136 cm³/mol. The molecule has 1 aromatic heterocycles. The molecule has 1 fully saturated rings. The second kappa shape index (κ2) is 11.3. The van der Waals surface area contributed by atoms with Crippen molar-refractivity contribution in [2.75, 3.05) is 18.7 Å². The van der Waals surface area contributed by atoms with Crippen molar-refractivity contribution in [2.24, 2.45) is 11.8 Å². The molecule has 5 rings (SSSR count). The van der Waals surface area contributed by atoms with Gasteiger partial charge in [0.25, 0.3) is 5.91 Å². The Morgan fingerprint density at radius 1 is 1.03 bits per heavy atom. The van der Waals surface area contributed by atoms with Crippen molar-refractivity contribution >= 4 is 23.5 Å². The van der Waals surface area contributed by atoms with Gasteiger partial charge in [0, 0.05) is 12.5 Å². The number of anilines is 1. The fraction of sp³-hybridized carbons (Fsp3) is 0.370. The van der Waals surface area contributed by atoms with E-state index in [1.807, 2.05) is 12.1 Å². The highest BCUT2D eigenvalue weighted by molar-refractivity contribution is 6.04. The number of hydrogen-bond donors (Lipinski definition) is 2. The van der Waals surface area contributed by atoms with E-state index in [1.54, 1.807) is 31.2 Å². The number of rotatable bonds is 8. The second-order valence-electron chi connectivity index (χ2n) is 9.23. The molecule has 0 unspecified atom stereocenters. The van der Waals surface area contributed by atoms with Crippen LogP contribution in [0.1, 0.15) is 48.5 Å². The molecule has 3 aromatic rings. The predicted octanol–water partition coefficient (Wildman–Crippen LogP) is 3.23. The Morgan fingerprint density at radius 2 is 1.82 bits per heavy atom. The van der Waals surface area contributed by atoms with Gasteiger partial charge in [0.05, 0.1) is 29.5 Å². The third kappa shape index (κ3) is 5.61. The Hall–Kier alpha value is -4.41. The first-order valence-electron chi connectivity index (χ1n) is 12.6. The third-order valence-electron chi connectivity index (χ3n) is 6.80. The minimum Gasteiger partial charge on any atom is -0.466 e. The van der Waals surface area contributed by atoms with Gasteiger partial charge in [-0.05, 0) is 68.5 Å². The second-order valence-corrected chi connectivity index (χ2v) is 9.23. The number of nitrogens with zero attached hydrogens (tertiary/aromatic N) is 3. The lowest BCUT2D eigenvalue weighted by Crippen LogP contribution is -2.31. The number of amides is 2. The number of ether oxygens (including phenoxy) is 3. The molecule has 0 bridgehead atoms. The lowest BCUT2D eigenvalue weighted by Gasteiger charge is -2.26. The van der Waals surface area contributed by atoms with Gasteiger partial charge in [-0.2, -0.15) is 5.10 Å². The number of hydrogen-bond acceptors (Lipinski definition) is 8. The molecule has 11 nitrogen and oxygen atoms in total. The molecule has 1 saturated carbocycles. The van der Waals surface area contributed by atoms with Crippen LogP contribution < -0.4 is 20.1 Å². The zero-order valence-electron chi connectivity index (χ0n) is 21.0. The molecule has 1 aliphatic heterocycles. The smallest absolute Gasteiger partial charge is 0.308 e. The number of benzene rings is 2. The van der Waals surface area contributed by atoms with Crippen LogP contribution in [0.15, 0.2) is 49.1 Å². The summed E-state index contributed by atoms with van der Waals surface area (Å²) in [5.41, 5.74) is 2.17. The quantitative estimate of drug-likeness (QED) is 0.434. The third-order valence-corrected chi connectivity index (χ3v) is 6.80. The molecule has 2 aliphatic rings. The molecule has 2 heterocycles. The molecular weight excluding hydrogens is 490 g/mol. The molecule has 2 amide bonds. The molecule has 0 saturated heterocycles. The maximum absolute atomic E-state index is 13.3. The van der Waals surface area contributed by atoms with Gasteiger partial charge in [-0.15, -0.1) is 0 Å². The molecule has 38 heavy (non-hydrogen) atoms. The minimum absolute atomic E-state index is 0.168. The van der Waals surface area contributed by atoms with Crippen LogP contribution >= 0.6 is 0 Å². The summed E-state index contributed by atoms with van der Waals surface area (Å²) in [6.45, 7) is 2.57. The maximum atomic E-state index is 13.3. The summed E-state index contributed by atoms with van der Waals surface area (Å²) in [5.74, 6) is 0.157. The number of esters is 1. The number of carbonyl (C=O) groups is 3. The zero-order chi connectivity index (χ0) is 26.5. The van der Waals surface area contributed by atoms with Gasteiger partial charge >= 0.3 is 5.97 Å². The van der Waals surface area contributed by atoms with Crippen LogP contribution in [-0.2, 0) is 20.9 Å². The Labute approximate surface area is 219 Å². The van der Waals surface area contributed by atoms with E-state index in [4.69, 9.17) is 14.2 Å². The molecule has 0 atom stereocenters. The molecule has 2 N–H and O–H groups in total. The minimum atomic E-state index is -0.356. The first-order chi connectivity index (χ1) is 18.5. The molecule has 0 radical (unpaired) electrons. The summed E-state index contributed by atoms with van der Waals surface area (Å²) in [6, 6.07) is 10.6. The van der Waals surface area contributed by atoms with E-state index in [1.165, 1.54) is 17.3 Å². The van der Waals surface area contributed by atoms with E-state index >= 15 is 0 Å². The highest BCUT2D eigenvalue weighted by atomic mass is 16.7. The fourth-order valence-corrected chi connectivity index (χ4v) is 4.73. The van der Waals surface area contributed by atoms with Crippen LogP contribution in [-0.4, -0.2) is 45.9 Å². The van der Waals surface area contributed by atoms with Crippen molar-refractivity contribution in [3.8, 4) is 17.2 Å². The summed E-state index contributed by atoms with van der Waals surface area (Å²) < 4.78 is 17.4. The van der Waals surface area contributed by atoms with E-state index in [9.17, 15) is 14.4 Å². The van der Waals surface area contributed by atoms with Gasteiger partial charge in [0.1, 0.15) is 12.7 Å². The van der Waals surface area contributed by atoms with Crippen molar-refractivity contribution in [1.82, 2.24) is 20.1 Å². The molecule has 1 aliphatic carbocycles. The first kappa shape index (κ1) is 25.2. The van der Waals surface area contributed by atoms with E-state index in [0.29, 0.717) is 60.7 Å². The van der Waals surface area contributed by atoms with Gasteiger partial charge in [-0.25, -0.2) is 9.67 Å². The lowest BCUT2D eigenvalue weighted by atomic mass is 9.81. The zero-order valence-corrected chi connectivity index (χ0v) is 21.0. The van der Waals surface area contributed by atoms with Crippen molar-refractivity contribution in [2.45, 2.75) is 39.2 Å². The van der Waals surface area contributed by atoms with Gasteiger partial charge in [-0.3, -0.25) is 14.4 Å². The fourth-order valence-electron chi connectivity index (χ4n) is 4.73. The van der Waals surface area contributed by atoms with Gasteiger partial charge in [-0.1, -0.05) is 6.07 Å². The van der Waals surface area contributed by atoms with Crippen LogP contribution in [0, 0.1) is 11.8 Å². The molecule has 198 valence electrons. The number of carbonyl (C=O) groups excluding carboxylic acids is 3. The standard InChI is InChI=1S/C27H29N5O6/c1-2-36-27(35)19-6-4-18(5-7-19)25(33)31-22-9-8-20(32-15-28-14-30-32)12-21(22)26(34)29-13-17-3-10-23-24(11-17)38-16-37-23/h3,8-12,14-15,18-19H,2,4-7,13,16H2,1H3,(H,29,34)(H,31,33). The molecular formula is C27H29N5O6. The van der Waals surface area contributed by atoms with Crippen LogP contribution in [0.3, 0.4) is 0 Å². The van der Waals surface area contributed by atoms with E-state index in [-0.39, 0.29) is 43.0 Å². The first-order valence-corrected chi connectivity index (χ1v) is 12.6. The number of fused-ring (bicyclic) bond motifs is 1. The highest BCUT2D eigenvalue weighted by Gasteiger charge is 2.31. The normalized spacial score (nSPS) is 18.0. The van der Waals surface area contributed by atoms with Gasteiger partial charge < -0.3 is 24.8 Å². The van der Waals surface area contributed by atoms with Crippen LogP contribution in [0.5, 0.6) is 11.5 Å². The van der Waals surface area contributed by atoms with Crippen LogP contribution in [0.4, 0.5) is 5.69 Å². The number of aromatic nitrogens is 3. The Bertz CT molecular complexity index is 1320. The SMILES string of the molecule is CCOC(=O)C1CCC(C(=O)Nc2ccc(-n3cncn3)cc2C(=O)NCc2ccc3c(c2)OCO3)CC1. The summed E-state index contributed by atoms with van der Waals surface area (Å²) >= 11 is 0. The highest BCUT2D eigenvalue weighted by Crippen LogP contribution is 2.33. The lowest BCUT2D eigenvalue weighted by molar-refractivity contribution is -0.150. The monoisotopic (exact) mass is 519 g/mol. The van der Waals surface area contributed by atoms with Crippen molar-refractivity contribution in [3.05, 3.63) is 60.2 Å². The average molecular weight is 520 g/mol. The maximum Gasteiger partial charge on any atom is 0.308 e. The van der Waals surface area contributed by atoms with Gasteiger partial charge in [0.15, 0.2) is 11.5 Å². The summed E-state index contributed by atoms with van der Waals surface area (Å²) in [7, 11) is 0. The van der Waals surface area contributed by atoms with Crippen molar-refractivity contribution in [3.63, 3.8) is 0 Å². The number of nitrogens with one attached hydrogen (secondary N) is 2. The summed E-state index contributed by atoms with van der Waals surface area (Å²) in [5, 5.41) is 9.99. The van der Waals surface area contributed by atoms with E-state index in [0.717, 1.165) is 5.56 Å². The van der Waals surface area contributed by atoms with Crippen LogP contribution in [0.2, 0.25) is 0 Å². The van der Waals surface area contributed by atoms with Crippen molar-refractivity contribution < 1.29 is 28.6 Å². The van der Waals surface area contributed by atoms with Crippen molar-refractivity contribution in [1.29, 1.82) is 0 Å². The van der Waals surface area contributed by atoms with E-state index < -0.39 is 0 Å². The largest absolute Gasteiger partial charge is 0.466 e. The van der Waals surface area contributed by atoms with Gasteiger partial charge in [0.2, 0.25) is 12.7 Å². The topological polar surface area (TPSA) is 134 Å². The Kier molecular flexibility index (Phi) is 7.52. The summed E-state index contributed by atoms with van der Waals surface area (Å²) in [6.07, 6.45) is 5.30. The molecule has 0 spiro atoms. The Morgan fingerprint density at radius 3 is 2.58 bits per heavy atom. The van der Waals surface area contributed by atoms with E-state index in [2.05, 4.69) is 20.7 Å². The molecule has 2 aromatic carbocycles. The van der Waals surface area contributed by atoms with Crippen LogP contribution in [0.25, 0.3) is 5.69 Å². The average Bonchev–Trinajstić information content (AvgIpc) is 3.64. The molecule has 11 heteroatoms.